The monoisotopic (exact) mass is 382 g/mol. The molecule has 6 nitrogen and oxygen atoms in total. The topological polar surface area (TPSA) is 71.6 Å². The number of hydrogen-bond donors (Lipinski definition) is 2. The zero-order valence-corrected chi connectivity index (χ0v) is 16.6. The van der Waals surface area contributed by atoms with E-state index >= 15 is 0 Å². The van der Waals surface area contributed by atoms with Gasteiger partial charge in [-0.25, -0.2) is 8.95 Å². The molecule has 3 rings (SSSR count). The molecule has 0 atom stereocenters. The van der Waals surface area contributed by atoms with Gasteiger partial charge in [0.05, 0.1) is 14.2 Å². The zero-order chi connectivity index (χ0) is 19.4. The third-order valence-electron chi connectivity index (χ3n) is 3.89. The molecule has 1 heterocycles. The third kappa shape index (κ3) is 4.38. The molecule has 1 aromatic heterocycles. The first-order valence-electron chi connectivity index (χ1n) is 8.39. The number of benzene rings is 2. The second-order valence-corrected chi connectivity index (χ2v) is 7.18. The fraction of sp³-hybridized carbons (Fsp3) is 0.200. The number of nitrogens with one attached hydrogen (secondary N) is 2. The highest BCUT2D eigenvalue weighted by molar-refractivity contribution is 7.07. The molecule has 0 radical (unpaired) electrons. The zero-order valence-electron chi connectivity index (χ0n) is 15.7. The maximum absolute atomic E-state index is 8.26. The molecule has 0 saturated heterocycles. The molecule has 3 aromatic rings. The number of aliphatic imine (C=N–C) groups is 1. The number of rotatable bonds is 4. The van der Waals surface area contributed by atoms with Crippen LogP contribution in [0.5, 0.6) is 11.5 Å². The van der Waals surface area contributed by atoms with Gasteiger partial charge in [0.15, 0.2) is 0 Å². The molecule has 140 valence electrons. The molecule has 2 N–H and O–H groups in total. The fourth-order valence-corrected chi connectivity index (χ4v) is 3.33. The van der Waals surface area contributed by atoms with Crippen LogP contribution in [0.4, 0.5) is 11.4 Å². The third-order valence-corrected chi connectivity index (χ3v) is 4.85. The lowest BCUT2D eigenvalue weighted by atomic mass is 10.2. The van der Waals surface area contributed by atoms with Crippen molar-refractivity contribution in [2.75, 3.05) is 19.5 Å². The van der Waals surface area contributed by atoms with Crippen LogP contribution in [0.1, 0.15) is 10.4 Å². The summed E-state index contributed by atoms with van der Waals surface area (Å²) in [6.45, 7) is 3.98. The lowest BCUT2D eigenvalue weighted by Gasteiger charge is -2.12. The molecule has 0 aliphatic heterocycles. The van der Waals surface area contributed by atoms with Crippen molar-refractivity contribution in [1.29, 1.82) is 5.41 Å². The van der Waals surface area contributed by atoms with E-state index in [0.717, 1.165) is 21.9 Å². The van der Waals surface area contributed by atoms with Gasteiger partial charge in [-0.05, 0) is 61.9 Å². The summed E-state index contributed by atoms with van der Waals surface area (Å²) in [4.78, 5) is 5.80. The molecule has 0 saturated carbocycles. The first kappa shape index (κ1) is 18.7. The van der Waals surface area contributed by atoms with Gasteiger partial charge in [-0.15, -0.1) is 0 Å². The molecule has 27 heavy (non-hydrogen) atoms. The molecule has 0 amide bonds. The molecule has 7 heteroatoms. The van der Waals surface area contributed by atoms with Gasteiger partial charge in [0.2, 0.25) is 5.96 Å². The van der Waals surface area contributed by atoms with Crippen molar-refractivity contribution < 1.29 is 9.47 Å². The Morgan fingerprint density at radius 2 is 1.78 bits per heavy atom. The van der Waals surface area contributed by atoms with Gasteiger partial charge in [-0.1, -0.05) is 17.6 Å². The van der Waals surface area contributed by atoms with Crippen molar-refractivity contribution in [2.45, 2.75) is 13.8 Å². The molecular formula is C20H22N4O2S. The van der Waals surface area contributed by atoms with E-state index in [9.17, 15) is 0 Å². The lowest BCUT2D eigenvalue weighted by molar-refractivity contribution is 0.415. The minimum absolute atomic E-state index is 0.365. The largest absolute Gasteiger partial charge is 0.497 e. The molecule has 0 aliphatic carbocycles. The average molecular weight is 382 g/mol. The van der Waals surface area contributed by atoms with Gasteiger partial charge in [0, 0.05) is 10.6 Å². The number of aromatic nitrogens is 1. The lowest BCUT2D eigenvalue weighted by Crippen LogP contribution is -2.28. The van der Waals surface area contributed by atoms with Crippen LogP contribution in [0.15, 0.2) is 53.5 Å². The predicted octanol–water partition coefficient (Wildman–Crippen LogP) is 4.31. The number of hydrogen-bond acceptors (Lipinski definition) is 5. The standard InChI is InChI=1S/C20H22N4O2S/c1-13-5-10-18(26-4)17(11-13)23-20(24-19(21)12-14(2)27-24)22-15-6-8-16(25-3)9-7-15/h5-12,21H,1-4H3,(H,22,23). The summed E-state index contributed by atoms with van der Waals surface area (Å²) in [6, 6.07) is 15.2. The summed E-state index contributed by atoms with van der Waals surface area (Å²) < 4.78 is 12.4. The van der Waals surface area contributed by atoms with E-state index in [2.05, 4.69) is 5.32 Å². The maximum atomic E-state index is 8.26. The van der Waals surface area contributed by atoms with E-state index in [1.807, 2.05) is 62.4 Å². The van der Waals surface area contributed by atoms with Crippen LogP contribution >= 0.6 is 11.5 Å². The van der Waals surface area contributed by atoms with Crippen LogP contribution in [0.25, 0.3) is 0 Å². The minimum Gasteiger partial charge on any atom is -0.497 e. The maximum Gasteiger partial charge on any atom is 0.223 e. The van der Waals surface area contributed by atoms with Gasteiger partial charge in [-0.3, -0.25) is 5.41 Å². The minimum atomic E-state index is 0.365. The number of nitrogens with zero attached hydrogens (tertiary/aromatic N) is 2. The van der Waals surface area contributed by atoms with E-state index in [4.69, 9.17) is 19.9 Å². The SMILES string of the molecule is COc1ccc(NC(=Nc2cc(C)ccc2OC)n2sc(C)cc2=N)cc1. The normalized spacial score (nSPS) is 11.3. The fourth-order valence-electron chi connectivity index (χ4n) is 2.56. The van der Waals surface area contributed by atoms with Crippen molar-refractivity contribution >= 4 is 28.9 Å². The molecule has 0 aliphatic rings. The highest BCUT2D eigenvalue weighted by Gasteiger charge is 2.11. The molecular weight excluding hydrogens is 360 g/mol. The van der Waals surface area contributed by atoms with E-state index in [1.54, 1.807) is 18.2 Å². The average Bonchev–Trinajstić information content (AvgIpc) is 3.00. The summed E-state index contributed by atoms with van der Waals surface area (Å²) in [6.07, 6.45) is 0. The Morgan fingerprint density at radius 3 is 2.37 bits per heavy atom. The summed E-state index contributed by atoms with van der Waals surface area (Å²) in [7, 11) is 3.26. The van der Waals surface area contributed by atoms with Gasteiger partial charge in [0.25, 0.3) is 0 Å². The molecule has 2 aromatic carbocycles. The predicted molar refractivity (Wildman–Crippen MR) is 110 cm³/mol. The quantitative estimate of drug-likeness (QED) is 0.522. The number of methoxy groups -OCH3 is 2. The number of ether oxygens (including phenoxy) is 2. The van der Waals surface area contributed by atoms with Crippen LogP contribution in [0.2, 0.25) is 0 Å². The second-order valence-electron chi connectivity index (χ2n) is 5.99. The molecule has 0 spiro atoms. The summed E-state index contributed by atoms with van der Waals surface area (Å²) >= 11 is 1.46. The highest BCUT2D eigenvalue weighted by Crippen LogP contribution is 2.29. The van der Waals surface area contributed by atoms with Gasteiger partial charge < -0.3 is 14.8 Å². The Hall–Kier alpha value is -3.06. The Balaban J connectivity index is 2.08. The number of aryl methyl sites for hydroxylation is 2. The van der Waals surface area contributed by atoms with E-state index in [-0.39, 0.29) is 0 Å². The van der Waals surface area contributed by atoms with Gasteiger partial charge in [0.1, 0.15) is 22.7 Å². The Bertz CT molecular complexity index is 1020. The Labute approximate surface area is 162 Å². The van der Waals surface area contributed by atoms with E-state index in [1.165, 1.54) is 11.5 Å². The summed E-state index contributed by atoms with van der Waals surface area (Å²) in [5.41, 5.74) is 2.99. The number of anilines is 1. The summed E-state index contributed by atoms with van der Waals surface area (Å²) in [5, 5.41) is 11.6. The van der Waals surface area contributed by atoms with Crippen molar-refractivity contribution in [2.24, 2.45) is 4.99 Å². The second kappa shape index (κ2) is 8.09. The first-order chi connectivity index (χ1) is 13.0. The van der Waals surface area contributed by atoms with Crippen LogP contribution < -0.4 is 20.3 Å². The van der Waals surface area contributed by atoms with Crippen molar-refractivity contribution in [3.05, 3.63) is 64.5 Å². The highest BCUT2D eigenvalue weighted by atomic mass is 32.1. The Morgan fingerprint density at radius 1 is 1.04 bits per heavy atom. The van der Waals surface area contributed by atoms with Crippen molar-refractivity contribution in [1.82, 2.24) is 3.96 Å². The van der Waals surface area contributed by atoms with Crippen LogP contribution in [-0.2, 0) is 0 Å². The van der Waals surface area contributed by atoms with Crippen molar-refractivity contribution in [3.8, 4) is 11.5 Å². The smallest absolute Gasteiger partial charge is 0.223 e. The van der Waals surface area contributed by atoms with Crippen LogP contribution in [-0.4, -0.2) is 24.1 Å². The van der Waals surface area contributed by atoms with Gasteiger partial charge >= 0.3 is 0 Å². The van der Waals surface area contributed by atoms with Crippen molar-refractivity contribution in [3.63, 3.8) is 0 Å². The van der Waals surface area contributed by atoms with E-state index < -0.39 is 0 Å². The Kier molecular flexibility index (Phi) is 5.61. The molecule has 0 unspecified atom stereocenters. The summed E-state index contributed by atoms with van der Waals surface area (Å²) in [5.74, 6) is 1.99. The molecule has 0 fully saturated rings. The van der Waals surface area contributed by atoms with Crippen LogP contribution in [0, 0.1) is 19.3 Å². The van der Waals surface area contributed by atoms with E-state index in [0.29, 0.717) is 22.9 Å². The molecule has 0 bridgehead atoms. The van der Waals surface area contributed by atoms with Crippen LogP contribution in [0.3, 0.4) is 0 Å². The van der Waals surface area contributed by atoms with Gasteiger partial charge in [-0.2, -0.15) is 0 Å². The first-order valence-corrected chi connectivity index (χ1v) is 9.17.